The predicted molar refractivity (Wildman–Crippen MR) is 103 cm³/mol. The molecule has 0 amide bonds. The molecule has 0 atom stereocenters. The van der Waals surface area contributed by atoms with Gasteiger partial charge in [0.25, 0.3) is 0 Å². The Kier molecular flexibility index (Phi) is 5.60. The van der Waals surface area contributed by atoms with Gasteiger partial charge in [-0.1, -0.05) is 74.0 Å². The fourth-order valence-electron chi connectivity index (χ4n) is 2.68. The van der Waals surface area contributed by atoms with Crippen molar-refractivity contribution in [1.82, 2.24) is 0 Å². The summed E-state index contributed by atoms with van der Waals surface area (Å²) in [5.41, 5.74) is 3.54. The lowest BCUT2D eigenvalue weighted by molar-refractivity contribution is 0.358. The van der Waals surface area contributed by atoms with Crippen LogP contribution in [0.25, 0.3) is 22.3 Å². The summed E-state index contributed by atoms with van der Waals surface area (Å²) in [5, 5.41) is 13.0. The highest BCUT2D eigenvalue weighted by Crippen LogP contribution is 2.42. The van der Waals surface area contributed by atoms with Crippen LogP contribution in [0.5, 0.6) is 5.75 Å². The number of thioether (sulfide) groups is 1. The lowest BCUT2D eigenvalue weighted by Gasteiger charge is -2.12. The Labute approximate surface area is 148 Å². The van der Waals surface area contributed by atoms with Crippen molar-refractivity contribution in [3.05, 3.63) is 72.8 Å². The van der Waals surface area contributed by atoms with Gasteiger partial charge in [0.15, 0.2) is 5.75 Å². The average molecular weight is 333 g/mol. The van der Waals surface area contributed by atoms with Gasteiger partial charge in [0.1, 0.15) is 0 Å². The van der Waals surface area contributed by atoms with E-state index in [0.29, 0.717) is 0 Å². The molecule has 3 aromatic carbocycles. The maximum absolute atomic E-state index is 13.0. The Morgan fingerprint density at radius 3 is 1.75 bits per heavy atom. The quantitative estimate of drug-likeness (QED) is 0.349. The summed E-state index contributed by atoms with van der Waals surface area (Å²) in [5.74, 6) is 1.18. The first-order chi connectivity index (χ1) is 11.8. The standard InChI is InChI=1S/C22H21OS/c1-2-3-14-24-19-15-20(17-10-6-4-7-11-17)22(23)21(16-19)18-12-8-5-9-13-18/h4-13,15-16H,2-3,14H2,1H3. The highest BCUT2D eigenvalue weighted by molar-refractivity contribution is 7.99. The predicted octanol–water partition coefficient (Wildman–Crippen LogP) is 7.06. The third-order valence-electron chi connectivity index (χ3n) is 4.00. The molecule has 0 saturated carbocycles. The molecule has 0 fully saturated rings. The summed E-state index contributed by atoms with van der Waals surface area (Å²) in [7, 11) is 0. The summed E-state index contributed by atoms with van der Waals surface area (Å²) in [6.07, 6.45) is 2.37. The maximum atomic E-state index is 13.0. The lowest BCUT2D eigenvalue weighted by Crippen LogP contribution is -1.87. The number of benzene rings is 3. The minimum absolute atomic E-state index is 0.104. The van der Waals surface area contributed by atoms with Gasteiger partial charge in [-0.05, 0) is 35.4 Å². The zero-order chi connectivity index (χ0) is 16.8. The Morgan fingerprint density at radius 1 is 0.792 bits per heavy atom. The largest absolute Gasteiger partial charge is 0.289 e. The fraction of sp³-hybridized carbons (Fsp3) is 0.182. The lowest BCUT2D eigenvalue weighted by atomic mass is 9.97. The summed E-state index contributed by atoms with van der Waals surface area (Å²) in [6.45, 7) is 2.20. The third kappa shape index (κ3) is 3.82. The van der Waals surface area contributed by atoms with Gasteiger partial charge in [0, 0.05) is 16.0 Å². The zero-order valence-corrected chi connectivity index (χ0v) is 14.7. The summed E-state index contributed by atoms with van der Waals surface area (Å²) >= 11 is 1.83. The van der Waals surface area contributed by atoms with Gasteiger partial charge < -0.3 is 0 Å². The molecule has 0 bridgehead atoms. The van der Waals surface area contributed by atoms with E-state index in [2.05, 4.69) is 6.92 Å². The summed E-state index contributed by atoms with van der Waals surface area (Å²) < 4.78 is 0. The molecule has 1 nitrogen and oxygen atoms in total. The first-order valence-electron chi connectivity index (χ1n) is 8.38. The average Bonchev–Trinajstić information content (AvgIpc) is 2.64. The van der Waals surface area contributed by atoms with Gasteiger partial charge in [-0.25, -0.2) is 0 Å². The molecule has 2 heteroatoms. The van der Waals surface area contributed by atoms with E-state index in [1.54, 1.807) is 0 Å². The van der Waals surface area contributed by atoms with Crippen molar-refractivity contribution in [3.63, 3.8) is 0 Å². The van der Waals surface area contributed by atoms with Crippen LogP contribution in [0.15, 0.2) is 77.7 Å². The van der Waals surface area contributed by atoms with E-state index < -0.39 is 0 Å². The van der Waals surface area contributed by atoms with E-state index in [1.807, 2.05) is 84.6 Å². The number of unbranched alkanes of at least 4 members (excludes halogenated alkanes) is 1. The topological polar surface area (TPSA) is 19.9 Å². The van der Waals surface area contributed by atoms with Crippen molar-refractivity contribution in [2.75, 3.05) is 5.75 Å². The van der Waals surface area contributed by atoms with Gasteiger partial charge in [0.2, 0.25) is 0 Å². The highest BCUT2D eigenvalue weighted by atomic mass is 32.2. The fourth-order valence-corrected chi connectivity index (χ4v) is 3.76. The van der Waals surface area contributed by atoms with Gasteiger partial charge in [-0.15, -0.1) is 11.8 Å². The van der Waals surface area contributed by atoms with Crippen molar-refractivity contribution in [2.24, 2.45) is 0 Å². The van der Waals surface area contributed by atoms with Crippen LogP contribution in [-0.2, 0) is 5.11 Å². The van der Waals surface area contributed by atoms with E-state index in [4.69, 9.17) is 0 Å². The zero-order valence-electron chi connectivity index (χ0n) is 13.9. The molecule has 0 spiro atoms. The van der Waals surface area contributed by atoms with Crippen molar-refractivity contribution in [2.45, 2.75) is 24.7 Å². The molecule has 0 heterocycles. The molecule has 0 aliphatic rings. The first kappa shape index (κ1) is 16.7. The Morgan fingerprint density at radius 2 is 1.29 bits per heavy atom. The van der Waals surface area contributed by atoms with Crippen molar-refractivity contribution < 1.29 is 5.11 Å². The number of hydrogen-bond donors (Lipinski definition) is 0. The van der Waals surface area contributed by atoms with Gasteiger partial charge in [-0.3, -0.25) is 5.11 Å². The van der Waals surface area contributed by atoms with E-state index in [9.17, 15) is 5.11 Å². The Bertz CT molecular complexity index is 721. The van der Waals surface area contributed by atoms with E-state index in [1.165, 1.54) is 17.7 Å². The van der Waals surface area contributed by atoms with Crippen LogP contribution in [0.1, 0.15) is 19.8 Å². The van der Waals surface area contributed by atoms with Crippen molar-refractivity contribution >= 4 is 11.8 Å². The second-order valence-corrected chi connectivity index (χ2v) is 6.95. The third-order valence-corrected chi connectivity index (χ3v) is 5.06. The van der Waals surface area contributed by atoms with Crippen LogP contribution in [-0.4, -0.2) is 5.75 Å². The van der Waals surface area contributed by atoms with Crippen LogP contribution < -0.4 is 0 Å². The van der Waals surface area contributed by atoms with Crippen LogP contribution in [0.4, 0.5) is 0 Å². The normalized spacial score (nSPS) is 10.7. The van der Waals surface area contributed by atoms with E-state index in [-0.39, 0.29) is 5.75 Å². The second-order valence-electron chi connectivity index (χ2n) is 5.78. The summed E-state index contributed by atoms with van der Waals surface area (Å²) in [4.78, 5) is 1.17. The molecule has 0 unspecified atom stereocenters. The van der Waals surface area contributed by atoms with E-state index in [0.717, 1.165) is 28.0 Å². The molecule has 0 aromatic heterocycles. The Balaban J connectivity index is 2.09. The van der Waals surface area contributed by atoms with Crippen molar-refractivity contribution in [1.29, 1.82) is 0 Å². The molecule has 1 radical (unpaired) electrons. The van der Waals surface area contributed by atoms with Crippen LogP contribution >= 0.6 is 11.8 Å². The van der Waals surface area contributed by atoms with Gasteiger partial charge in [0.05, 0.1) is 0 Å². The smallest absolute Gasteiger partial charge is 0.194 e. The molecule has 3 aromatic rings. The van der Waals surface area contributed by atoms with Crippen LogP contribution in [0.2, 0.25) is 0 Å². The number of rotatable bonds is 6. The van der Waals surface area contributed by atoms with E-state index >= 15 is 0 Å². The van der Waals surface area contributed by atoms with Gasteiger partial charge >= 0.3 is 0 Å². The molecular weight excluding hydrogens is 312 g/mol. The number of hydrogen-bond acceptors (Lipinski definition) is 1. The minimum Gasteiger partial charge on any atom is -0.289 e. The molecule has 0 saturated heterocycles. The van der Waals surface area contributed by atoms with Crippen molar-refractivity contribution in [3.8, 4) is 28.0 Å². The first-order valence-corrected chi connectivity index (χ1v) is 9.37. The molecule has 0 aliphatic carbocycles. The molecule has 121 valence electrons. The van der Waals surface area contributed by atoms with Gasteiger partial charge in [-0.2, -0.15) is 0 Å². The minimum atomic E-state index is 0.104. The van der Waals surface area contributed by atoms with Crippen LogP contribution in [0, 0.1) is 0 Å². The second kappa shape index (κ2) is 8.07. The Hall–Kier alpha value is -2.19. The monoisotopic (exact) mass is 333 g/mol. The molecule has 24 heavy (non-hydrogen) atoms. The molecule has 0 N–H and O–H groups in total. The molecule has 0 aliphatic heterocycles. The molecular formula is C22H21OS. The highest BCUT2D eigenvalue weighted by Gasteiger charge is 2.15. The maximum Gasteiger partial charge on any atom is 0.194 e. The molecule has 3 rings (SSSR count). The SMILES string of the molecule is CCCCSc1cc(-c2ccccc2)c([O])c(-c2ccccc2)c1. The summed E-state index contributed by atoms with van der Waals surface area (Å²) in [6, 6.07) is 24.0. The van der Waals surface area contributed by atoms with Crippen LogP contribution in [0.3, 0.4) is 0 Å².